The molecule has 0 saturated carbocycles. The maximum atomic E-state index is 12.8. The molecule has 0 saturated heterocycles. The van der Waals surface area contributed by atoms with Crippen molar-refractivity contribution in [1.29, 1.82) is 0 Å². The SMILES string of the molecule is CCOCc1cc(C=Nn2c(C(F)F)n[nH]c2=S)ccc1OC. The molecule has 9 heteroatoms. The average Bonchev–Trinajstić information content (AvgIpc) is 2.92. The first-order chi connectivity index (χ1) is 11.1. The molecular formula is C14H16F2N4O2S. The van der Waals surface area contributed by atoms with Gasteiger partial charge in [0, 0.05) is 12.2 Å². The van der Waals surface area contributed by atoms with Crippen LogP contribution in [0.4, 0.5) is 8.78 Å². The molecule has 1 heterocycles. The van der Waals surface area contributed by atoms with Crippen LogP contribution in [0.1, 0.15) is 30.3 Å². The van der Waals surface area contributed by atoms with Gasteiger partial charge in [0.1, 0.15) is 5.75 Å². The summed E-state index contributed by atoms with van der Waals surface area (Å²) in [5, 5.41) is 9.72. The summed E-state index contributed by atoms with van der Waals surface area (Å²) < 4.78 is 37.2. The normalized spacial score (nSPS) is 11.5. The highest BCUT2D eigenvalue weighted by Gasteiger charge is 2.16. The number of halogens is 2. The minimum Gasteiger partial charge on any atom is -0.496 e. The van der Waals surface area contributed by atoms with Crippen LogP contribution in [-0.4, -0.2) is 34.8 Å². The summed E-state index contributed by atoms with van der Waals surface area (Å²) in [6.07, 6.45) is -1.35. The molecule has 0 atom stereocenters. The molecule has 0 spiro atoms. The van der Waals surface area contributed by atoms with Gasteiger partial charge in [-0.15, -0.1) is 0 Å². The summed E-state index contributed by atoms with van der Waals surface area (Å²) in [4.78, 5) is 0. The van der Waals surface area contributed by atoms with Crippen LogP contribution >= 0.6 is 12.2 Å². The van der Waals surface area contributed by atoms with E-state index in [0.29, 0.717) is 24.5 Å². The van der Waals surface area contributed by atoms with Crippen molar-refractivity contribution in [2.24, 2.45) is 5.10 Å². The minimum absolute atomic E-state index is 0.000369. The number of rotatable bonds is 7. The lowest BCUT2D eigenvalue weighted by atomic mass is 10.1. The van der Waals surface area contributed by atoms with Crippen molar-refractivity contribution in [2.75, 3.05) is 13.7 Å². The molecule has 0 amide bonds. The molecule has 6 nitrogen and oxygen atoms in total. The van der Waals surface area contributed by atoms with Gasteiger partial charge in [-0.25, -0.2) is 13.9 Å². The van der Waals surface area contributed by atoms with Gasteiger partial charge in [-0.3, -0.25) is 0 Å². The van der Waals surface area contributed by atoms with E-state index in [2.05, 4.69) is 15.3 Å². The maximum Gasteiger partial charge on any atom is 0.299 e. The van der Waals surface area contributed by atoms with E-state index in [-0.39, 0.29) is 4.77 Å². The van der Waals surface area contributed by atoms with E-state index in [1.807, 2.05) is 13.0 Å². The van der Waals surface area contributed by atoms with Gasteiger partial charge in [0.2, 0.25) is 10.6 Å². The third-order valence-electron chi connectivity index (χ3n) is 2.96. The molecule has 124 valence electrons. The number of H-pyrrole nitrogens is 1. The van der Waals surface area contributed by atoms with E-state index < -0.39 is 12.2 Å². The van der Waals surface area contributed by atoms with Gasteiger partial charge in [-0.1, -0.05) is 0 Å². The monoisotopic (exact) mass is 342 g/mol. The Morgan fingerprint density at radius 3 is 2.91 bits per heavy atom. The highest BCUT2D eigenvalue weighted by molar-refractivity contribution is 7.71. The Bertz CT molecular complexity index is 743. The van der Waals surface area contributed by atoms with Crippen molar-refractivity contribution in [1.82, 2.24) is 14.9 Å². The molecule has 2 rings (SSSR count). The second-order valence-corrected chi connectivity index (χ2v) is 4.84. The summed E-state index contributed by atoms with van der Waals surface area (Å²) in [5.74, 6) is 0.151. The van der Waals surface area contributed by atoms with E-state index in [1.165, 1.54) is 6.21 Å². The van der Waals surface area contributed by atoms with E-state index in [0.717, 1.165) is 10.2 Å². The van der Waals surface area contributed by atoms with E-state index in [9.17, 15) is 8.78 Å². The van der Waals surface area contributed by atoms with Crippen LogP contribution in [0.5, 0.6) is 5.75 Å². The fourth-order valence-electron chi connectivity index (χ4n) is 1.88. The predicted octanol–water partition coefficient (Wildman–Crippen LogP) is 3.31. The number of hydrogen-bond acceptors (Lipinski definition) is 5. The van der Waals surface area contributed by atoms with Crippen molar-refractivity contribution in [3.63, 3.8) is 0 Å². The summed E-state index contributed by atoms with van der Waals surface area (Å²) in [7, 11) is 1.57. The van der Waals surface area contributed by atoms with Gasteiger partial charge in [0.25, 0.3) is 6.43 Å². The molecule has 0 fully saturated rings. The zero-order valence-corrected chi connectivity index (χ0v) is 13.4. The van der Waals surface area contributed by atoms with Crippen LogP contribution in [-0.2, 0) is 11.3 Å². The van der Waals surface area contributed by atoms with E-state index >= 15 is 0 Å². The van der Waals surface area contributed by atoms with E-state index in [4.69, 9.17) is 21.7 Å². The van der Waals surface area contributed by atoms with Crippen LogP contribution in [0.15, 0.2) is 23.3 Å². The summed E-state index contributed by atoms with van der Waals surface area (Å²) in [5.41, 5.74) is 1.53. The first kappa shape index (κ1) is 17.2. The van der Waals surface area contributed by atoms with Crippen molar-refractivity contribution in [3.8, 4) is 5.75 Å². The predicted molar refractivity (Wildman–Crippen MR) is 83.7 cm³/mol. The first-order valence-corrected chi connectivity index (χ1v) is 7.22. The highest BCUT2D eigenvalue weighted by Crippen LogP contribution is 2.20. The number of aromatic nitrogens is 3. The smallest absolute Gasteiger partial charge is 0.299 e. The van der Waals surface area contributed by atoms with Gasteiger partial charge >= 0.3 is 0 Å². The standard InChI is InChI=1S/C14H16F2N4O2S/c1-3-22-8-10-6-9(4-5-11(10)21-2)7-17-20-13(12(15)16)18-19-14(20)23/h4-7,12H,3,8H2,1-2H3,(H,19,23). The molecule has 1 N–H and O–H groups in total. The third kappa shape index (κ3) is 4.20. The van der Waals surface area contributed by atoms with Crippen LogP contribution in [0.2, 0.25) is 0 Å². The molecule has 0 bridgehead atoms. The first-order valence-electron chi connectivity index (χ1n) is 6.81. The van der Waals surface area contributed by atoms with Crippen LogP contribution in [0.3, 0.4) is 0 Å². The minimum atomic E-state index is -2.77. The number of ether oxygens (including phenoxy) is 2. The Morgan fingerprint density at radius 1 is 1.48 bits per heavy atom. The van der Waals surface area contributed by atoms with Gasteiger partial charge < -0.3 is 9.47 Å². The second-order valence-electron chi connectivity index (χ2n) is 4.45. The fraction of sp³-hybridized carbons (Fsp3) is 0.357. The molecule has 0 aliphatic rings. The number of alkyl halides is 2. The Morgan fingerprint density at radius 2 is 2.26 bits per heavy atom. The molecule has 2 aromatic rings. The molecule has 0 unspecified atom stereocenters. The topological polar surface area (TPSA) is 64.4 Å². The maximum absolute atomic E-state index is 12.8. The molecule has 0 radical (unpaired) electrons. The Balaban J connectivity index is 2.29. The lowest BCUT2D eigenvalue weighted by Crippen LogP contribution is -2.00. The number of benzene rings is 1. The molecule has 0 aliphatic carbocycles. The highest BCUT2D eigenvalue weighted by atomic mass is 32.1. The van der Waals surface area contributed by atoms with Gasteiger partial charge in [-0.05, 0) is 42.9 Å². The quantitative estimate of drug-likeness (QED) is 0.619. The van der Waals surface area contributed by atoms with Crippen LogP contribution in [0, 0.1) is 4.77 Å². The molecular weight excluding hydrogens is 326 g/mol. The molecule has 1 aromatic heterocycles. The number of nitrogens with zero attached hydrogens (tertiary/aromatic N) is 3. The van der Waals surface area contributed by atoms with Crippen molar-refractivity contribution < 1.29 is 18.3 Å². The Labute approximate surface area is 136 Å². The zero-order chi connectivity index (χ0) is 16.8. The Hall–Kier alpha value is -2.13. The largest absolute Gasteiger partial charge is 0.496 e. The lowest BCUT2D eigenvalue weighted by Gasteiger charge is -2.09. The Kier molecular flexibility index (Phi) is 5.94. The molecule has 1 aromatic carbocycles. The van der Waals surface area contributed by atoms with Gasteiger partial charge in [0.05, 0.1) is 19.9 Å². The summed E-state index contributed by atoms with van der Waals surface area (Å²) >= 11 is 4.89. The summed E-state index contributed by atoms with van der Waals surface area (Å²) in [6, 6.07) is 5.33. The number of methoxy groups -OCH3 is 1. The van der Waals surface area contributed by atoms with Gasteiger partial charge in [-0.2, -0.15) is 14.9 Å². The summed E-state index contributed by atoms with van der Waals surface area (Å²) in [6.45, 7) is 2.85. The van der Waals surface area contributed by atoms with Crippen molar-refractivity contribution >= 4 is 18.4 Å². The van der Waals surface area contributed by atoms with Crippen LogP contribution in [0.25, 0.3) is 0 Å². The number of nitrogens with one attached hydrogen (secondary N) is 1. The van der Waals surface area contributed by atoms with Crippen molar-refractivity contribution in [2.45, 2.75) is 20.0 Å². The molecule has 23 heavy (non-hydrogen) atoms. The third-order valence-corrected chi connectivity index (χ3v) is 3.22. The number of hydrogen-bond donors (Lipinski definition) is 1. The van der Waals surface area contributed by atoms with Crippen molar-refractivity contribution in [3.05, 3.63) is 39.9 Å². The average molecular weight is 342 g/mol. The fourth-order valence-corrected chi connectivity index (χ4v) is 2.07. The molecule has 0 aliphatic heterocycles. The zero-order valence-electron chi connectivity index (χ0n) is 12.6. The number of aromatic amines is 1. The second kappa shape index (κ2) is 7.93. The van der Waals surface area contributed by atoms with E-state index in [1.54, 1.807) is 19.2 Å². The van der Waals surface area contributed by atoms with Crippen LogP contribution < -0.4 is 4.74 Å². The lowest BCUT2D eigenvalue weighted by molar-refractivity contribution is 0.132. The van der Waals surface area contributed by atoms with Gasteiger partial charge in [0.15, 0.2) is 0 Å².